The molecule has 1 aliphatic rings. The highest BCUT2D eigenvalue weighted by molar-refractivity contribution is 6.05. The van der Waals surface area contributed by atoms with E-state index in [0.29, 0.717) is 61.3 Å². The van der Waals surface area contributed by atoms with Crippen molar-refractivity contribution in [1.82, 2.24) is 10.3 Å². The number of halogens is 1. The Morgan fingerprint density at radius 3 is 2.37 bits per heavy atom. The number of anilines is 2. The van der Waals surface area contributed by atoms with E-state index < -0.39 is 11.7 Å². The lowest BCUT2D eigenvalue weighted by Gasteiger charge is -2.29. The molecule has 2 heterocycles. The van der Waals surface area contributed by atoms with Crippen molar-refractivity contribution in [3.05, 3.63) is 101 Å². The molecule has 1 saturated heterocycles. The van der Waals surface area contributed by atoms with Gasteiger partial charge in [-0.2, -0.15) is 0 Å². The molecule has 4 aromatic rings. The van der Waals surface area contributed by atoms with Gasteiger partial charge in [-0.15, -0.1) is 0 Å². The molecule has 1 fully saturated rings. The Balaban J connectivity index is 1.26. The number of pyridine rings is 1. The molecule has 43 heavy (non-hydrogen) atoms. The number of benzene rings is 3. The molecule has 0 unspecified atom stereocenters. The average Bonchev–Trinajstić information content (AvgIpc) is 3.04. The van der Waals surface area contributed by atoms with Gasteiger partial charge in [0.05, 0.1) is 39.3 Å². The minimum absolute atomic E-state index is 0.215. The Morgan fingerprint density at radius 2 is 1.65 bits per heavy atom. The lowest BCUT2D eigenvalue weighted by atomic mass is 10.0. The van der Waals surface area contributed by atoms with Crippen LogP contribution in [0.25, 0.3) is 11.1 Å². The zero-order valence-corrected chi connectivity index (χ0v) is 24.3. The molecular weight excluding hydrogens is 551 g/mol. The zero-order chi connectivity index (χ0) is 30.3. The van der Waals surface area contributed by atoms with Crippen molar-refractivity contribution in [1.29, 1.82) is 0 Å². The van der Waals surface area contributed by atoms with Crippen LogP contribution in [0.1, 0.15) is 32.0 Å². The first-order chi connectivity index (χ1) is 20.8. The highest BCUT2D eigenvalue weighted by atomic mass is 19.1. The van der Waals surface area contributed by atoms with E-state index in [1.54, 1.807) is 44.7 Å². The lowest BCUT2D eigenvalue weighted by molar-refractivity contribution is 0.0950. The number of ether oxygens (including phenoxy) is 3. The van der Waals surface area contributed by atoms with Gasteiger partial charge in [0.15, 0.2) is 11.5 Å². The van der Waals surface area contributed by atoms with Gasteiger partial charge in [-0.25, -0.2) is 4.39 Å². The van der Waals surface area contributed by atoms with E-state index in [2.05, 4.69) is 15.6 Å². The molecule has 1 aromatic heterocycles. The van der Waals surface area contributed by atoms with Gasteiger partial charge in [-0.1, -0.05) is 18.2 Å². The van der Waals surface area contributed by atoms with Crippen LogP contribution in [0.5, 0.6) is 11.5 Å². The Kier molecular flexibility index (Phi) is 9.17. The van der Waals surface area contributed by atoms with E-state index in [-0.39, 0.29) is 11.5 Å². The molecule has 0 saturated carbocycles. The molecule has 1 aliphatic heterocycles. The fraction of sp³-hybridized carbons (Fsp3) is 0.242. The number of hydrogen-bond acceptors (Lipinski definition) is 7. The van der Waals surface area contributed by atoms with Crippen LogP contribution in [0, 0.1) is 12.7 Å². The second-order valence-electron chi connectivity index (χ2n) is 10.1. The van der Waals surface area contributed by atoms with Gasteiger partial charge in [0.2, 0.25) is 0 Å². The van der Waals surface area contributed by atoms with Gasteiger partial charge in [0.25, 0.3) is 11.8 Å². The van der Waals surface area contributed by atoms with Gasteiger partial charge in [0, 0.05) is 47.7 Å². The maximum Gasteiger partial charge on any atom is 0.255 e. The first-order valence-electron chi connectivity index (χ1n) is 13.9. The molecule has 2 N–H and O–H groups in total. The molecule has 0 aliphatic carbocycles. The molecule has 2 amide bonds. The van der Waals surface area contributed by atoms with Crippen molar-refractivity contribution in [3.8, 4) is 22.6 Å². The minimum Gasteiger partial charge on any atom is -0.493 e. The molecule has 5 rings (SSSR count). The third kappa shape index (κ3) is 7.10. The number of carbonyl (C=O) groups is 2. The van der Waals surface area contributed by atoms with Crippen molar-refractivity contribution >= 4 is 23.2 Å². The molecule has 0 atom stereocenters. The molecule has 0 radical (unpaired) electrons. The fourth-order valence-electron chi connectivity index (χ4n) is 4.88. The van der Waals surface area contributed by atoms with Crippen molar-refractivity contribution in [2.24, 2.45) is 0 Å². The van der Waals surface area contributed by atoms with Crippen LogP contribution in [0.15, 0.2) is 72.9 Å². The smallest absolute Gasteiger partial charge is 0.255 e. The number of nitrogens with zero attached hydrogens (tertiary/aromatic N) is 2. The number of nitrogens with one attached hydrogen (secondary N) is 2. The van der Waals surface area contributed by atoms with Gasteiger partial charge >= 0.3 is 0 Å². The first kappa shape index (κ1) is 29.5. The molecule has 3 aromatic carbocycles. The van der Waals surface area contributed by atoms with Crippen LogP contribution in [0.3, 0.4) is 0 Å². The summed E-state index contributed by atoms with van der Waals surface area (Å²) in [6.45, 7) is 4.57. The number of aromatic nitrogens is 1. The monoisotopic (exact) mass is 584 g/mol. The highest BCUT2D eigenvalue weighted by Gasteiger charge is 2.17. The molecular formula is C33H33FN4O5. The van der Waals surface area contributed by atoms with E-state index in [1.165, 1.54) is 12.1 Å². The van der Waals surface area contributed by atoms with E-state index >= 15 is 0 Å². The third-order valence-corrected chi connectivity index (χ3v) is 7.22. The summed E-state index contributed by atoms with van der Waals surface area (Å²) < 4.78 is 30.4. The zero-order valence-electron chi connectivity index (χ0n) is 24.3. The van der Waals surface area contributed by atoms with Gasteiger partial charge in [-0.3, -0.25) is 14.6 Å². The lowest BCUT2D eigenvalue weighted by Crippen LogP contribution is -2.36. The maximum atomic E-state index is 14.4. The number of amides is 2. The van der Waals surface area contributed by atoms with E-state index in [9.17, 15) is 14.0 Å². The third-order valence-electron chi connectivity index (χ3n) is 7.22. The van der Waals surface area contributed by atoms with Gasteiger partial charge in [-0.05, 0) is 66.6 Å². The summed E-state index contributed by atoms with van der Waals surface area (Å²) >= 11 is 0. The summed E-state index contributed by atoms with van der Waals surface area (Å²) in [5.41, 5.74) is 5.08. The molecule has 9 nitrogen and oxygen atoms in total. The average molecular weight is 585 g/mol. The van der Waals surface area contributed by atoms with Gasteiger partial charge in [0.1, 0.15) is 5.82 Å². The summed E-state index contributed by atoms with van der Waals surface area (Å²) in [7, 11) is 3.14. The number of aryl methyl sites for hydroxylation is 1. The summed E-state index contributed by atoms with van der Waals surface area (Å²) in [6, 6.07) is 18.8. The molecule has 0 spiro atoms. The van der Waals surface area contributed by atoms with Crippen LogP contribution in [-0.2, 0) is 11.3 Å². The number of methoxy groups -OCH3 is 2. The van der Waals surface area contributed by atoms with E-state index in [1.807, 2.05) is 42.2 Å². The summed E-state index contributed by atoms with van der Waals surface area (Å²) in [5, 5.41) is 5.76. The Hall–Kier alpha value is -4.96. The SMILES string of the molecule is COc1ccc(CNC(=O)c2ccc(-c3cc(NC(=O)c4cc(F)cc(N5CCOCC5)c4)cnc3C)cc2)cc1OC. The molecule has 10 heteroatoms. The number of carbonyl (C=O) groups excluding carboxylic acids is 2. The van der Waals surface area contributed by atoms with Crippen LogP contribution >= 0.6 is 0 Å². The highest BCUT2D eigenvalue weighted by Crippen LogP contribution is 2.28. The fourth-order valence-corrected chi connectivity index (χ4v) is 4.88. The summed E-state index contributed by atoms with van der Waals surface area (Å²) in [5.74, 6) is 0.0729. The van der Waals surface area contributed by atoms with Crippen molar-refractivity contribution < 1.29 is 28.2 Å². The predicted octanol–water partition coefficient (Wildman–Crippen LogP) is 5.23. The van der Waals surface area contributed by atoms with Gasteiger partial charge < -0.3 is 29.7 Å². The van der Waals surface area contributed by atoms with Crippen molar-refractivity contribution in [2.45, 2.75) is 13.5 Å². The second kappa shape index (κ2) is 13.3. The normalized spacial score (nSPS) is 12.9. The van der Waals surface area contributed by atoms with Crippen LogP contribution in [0.2, 0.25) is 0 Å². The van der Waals surface area contributed by atoms with Crippen molar-refractivity contribution in [2.75, 3.05) is 50.7 Å². The number of rotatable bonds is 9. The Morgan fingerprint density at radius 1 is 0.907 bits per heavy atom. The summed E-state index contributed by atoms with van der Waals surface area (Å²) in [6.07, 6.45) is 1.56. The number of morpholine rings is 1. The number of hydrogen-bond donors (Lipinski definition) is 2. The Labute approximate surface area is 249 Å². The van der Waals surface area contributed by atoms with Crippen LogP contribution in [0.4, 0.5) is 15.8 Å². The largest absolute Gasteiger partial charge is 0.493 e. The second-order valence-corrected chi connectivity index (χ2v) is 10.1. The van der Waals surface area contributed by atoms with Crippen LogP contribution < -0.4 is 25.0 Å². The molecule has 222 valence electrons. The molecule has 0 bridgehead atoms. The van der Waals surface area contributed by atoms with E-state index in [4.69, 9.17) is 14.2 Å². The Bertz CT molecular complexity index is 1620. The maximum absolute atomic E-state index is 14.4. The first-order valence-corrected chi connectivity index (χ1v) is 13.9. The predicted molar refractivity (Wildman–Crippen MR) is 163 cm³/mol. The minimum atomic E-state index is -0.482. The van der Waals surface area contributed by atoms with E-state index in [0.717, 1.165) is 22.4 Å². The van der Waals surface area contributed by atoms with Crippen molar-refractivity contribution in [3.63, 3.8) is 0 Å². The topological polar surface area (TPSA) is 102 Å². The summed E-state index contributed by atoms with van der Waals surface area (Å²) in [4.78, 5) is 32.3. The quantitative estimate of drug-likeness (QED) is 0.278. The standard InChI is InChI=1S/C33H33FN4O5/c1-21-29(23-5-7-24(8-6-23)32(39)36-19-22-4-9-30(41-2)31(14-22)42-3)18-27(20-35-21)37-33(40)25-15-26(34)17-28(16-25)38-10-12-43-13-11-38/h4-9,14-18,20H,10-13,19H2,1-3H3,(H,36,39)(H,37,40). The van der Waals surface area contributed by atoms with Crippen LogP contribution in [-0.4, -0.2) is 57.3 Å².